The number of benzene rings is 3. The van der Waals surface area contributed by atoms with Crippen LogP contribution < -0.4 is 21.3 Å². The molecule has 1 atom stereocenters. The van der Waals surface area contributed by atoms with Gasteiger partial charge in [-0.25, -0.2) is 14.4 Å². The van der Waals surface area contributed by atoms with Crippen molar-refractivity contribution in [3.05, 3.63) is 107 Å². The van der Waals surface area contributed by atoms with E-state index in [1.807, 2.05) is 60.7 Å². The van der Waals surface area contributed by atoms with E-state index < -0.39 is 24.1 Å². The zero-order valence-electron chi connectivity index (χ0n) is 19.5. The molecule has 1 unspecified atom stereocenters. The second-order valence-corrected chi connectivity index (χ2v) is 7.74. The van der Waals surface area contributed by atoms with Gasteiger partial charge in [0.15, 0.2) is 0 Å². The van der Waals surface area contributed by atoms with Gasteiger partial charge in [-0.2, -0.15) is 0 Å². The summed E-state index contributed by atoms with van der Waals surface area (Å²) in [7, 11) is 0. The summed E-state index contributed by atoms with van der Waals surface area (Å²) in [6.07, 6.45) is 0.348. The molecule has 3 aromatic rings. The van der Waals surface area contributed by atoms with Gasteiger partial charge < -0.3 is 26.4 Å². The number of anilines is 2. The van der Waals surface area contributed by atoms with Gasteiger partial charge in [0.25, 0.3) is 0 Å². The molecule has 35 heavy (non-hydrogen) atoms. The molecule has 0 spiro atoms. The molecule has 3 rings (SSSR count). The van der Waals surface area contributed by atoms with Crippen LogP contribution in [0.3, 0.4) is 0 Å². The van der Waals surface area contributed by atoms with E-state index in [9.17, 15) is 19.5 Å². The third kappa shape index (κ3) is 6.94. The lowest BCUT2D eigenvalue weighted by Gasteiger charge is -2.23. The van der Waals surface area contributed by atoms with Crippen molar-refractivity contribution in [2.75, 3.05) is 10.6 Å². The Balaban J connectivity index is 1.88. The monoisotopic (exact) mass is 472 g/mol. The minimum Gasteiger partial charge on any atom is -0.478 e. The minimum atomic E-state index is -1.10. The highest BCUT2D eigenvalue weighted by Gasteiger charge is 2.21. The molecular formula is C27H28N4O4. The maximum absolute atomic E-state index is 12.8. The number of urea groups is 2. The van der Waals surface area contributed by atoms with Gasteiger partial charge in [0.1, 0.15) is 0 Å². The zero-order chi connectivity index (χ0) is 25.2. The summed E-state index contributed by atoms with van der Waals surface area (Å²) in [6, 6.07) is 24.1. The number of allylic oxidation sites excluding steroid dienone is 1. The maximum atomic E-state index is 12.8. The number of hydrogen-bond donors (Lipinski definition) is 5. The Kier molecular flexibility index (Phi) is 8.61. The molecule has 0 aliphatic carbocycles. The molecule has 8 heteroatoms. The molecule has 3 aromatic carbocycles. The van der Waals surface area contributed by atoms with Gasteiger partial charge in [0.2, 0.25) is 0 Å². The summed E-state index contributed by atoms with van der Waals surface area (Å²) in [5.74, 6) is -1.10. The zero-order valence-corrected chi connectivity index (χ0v) is 19.5. The summed E-state index contributed by atoms with van der Waals surface area (Å²) in [6.45, 7) is 3.20. The van der Waals surface area contributed by atoms with E-state index in [1.54, 1.807) is 31.2 Å². The Morgan fingerprint density at radius 2 is 1.40 bits per heavy atom. The van der Waals surface area contributed by atoms with Crippen LogP contribution in [0.1, 0.15) is 37.4 Å². The van der Waals surface area contributed by atoms with Crippen LogP contribution in [-0.2, 0) is 4.79 Å². The first kappa shape index (κ1) is 25.0. The van der Waals surface area contributed by atoms with Gasteiger partial charge in [-0.05, 0) is 37.1 Å². The highest BCUT2D eigenvalue weighted by atomic mass is 16.4. The lowest BCUT2D eigenvalue weighted by atomic mass is 9.97. The number of carbonyl (C=O) groups excluding carboxylic acids is 2. The van der Waals surface area contributed by atoms with E-state index in [0.29, 0.717) is 29.1 Å². The average molecular weight is 473 g/mol. The highest BCUT2D eigenvalue weighted by Crippen LogP contribution is 2.29. The minimum absolute atomic E-state index is 0.0670. The van der Waals surface area contributed by atoms with Crippen molar-refractivity contribution in [3.63, 3.8) is 0 Å². The highest BCUT2D eigenvalue weighted by molar-refractivity contribution is 5.94. The average Bonchev–Trinajstić information content (AvgIpc) is 2.87. The topological polar surface area (TPSA) is 120 Å². The molecule has 0 aliphatic heterocycles. The molecule has 0 aromatic heterocycles. The van der Waals surface area contributed by atoms with Crippen LogP contribution >= 0.6 is 0 Å². The van der Waals surface area contributed by atoms with Crippen LogP contribution in [-0.4, -0.2) is 23.1 Å². The van der Waals surface area contributed by atoms with Crippen LogP contribution in [0, 0.1) is 0 Å². The molecule has 0 radical (unpaired) electrons. The molecule has 0 fully saturated rings. The van der Waals surface area contributed by atoms with Crippen LogP contribution in [0.25, 0.3) is 0 Å². The molecule has 4 amide bonds. The fourth-order valence-electron chi connectivity index (χ4n) is 3.54. The lowest BCUT2D eigenvalue weighted by molar-refractivity contribution is -0.132. The Labute approximate surface area is 204 Å². The summed E-state index contributed by atoms with van der Waals surface area (Å²) in [5, 5.41) is 20.5. The predicted molar refractivity (Wildman–Crippen MR) is 136 cm³/mol. The number of carbonyl (C=O) groups is 3. The van der Waals surface area contributed by atoms with Crippen molar-refractivity contribution < 1.29 is 19.5 Å². The van der Waals surface area contributed by atoms with Crippen molar-refractivity contribution in [2.24, 2.45) is 0 Å². The van der Waals surface area contributed by atoms with E-state index in [4.69, 9.17) is 0 Å². The van der Waals surface area contributed by atoms with Crippen molar-refractivity contribution in [2.45, 2.75) is 26.3 Å². The van der Waals surface area contributed by atoms with E-state index in [0.717, 1.165) is 5.56 Å². The van der Waals surface area contributed by atoms with Gasteiger partial charge in [0.05, 0.1) is 11.6 Å². The van der Waals surface area contributed by atoms with Crippen LogP contribution in [0.4, 0.5) is 21.0 Å². The number of amides is 4. The number of carboxylic acid groups (broad SMARTS) is 1. The molecule has 0 saturated carbocycles. The number of hydrogen-bond acceptors (Lipinski definition) is 3. The number of rotatable bonds is 8. The van der Waals surface area contributed by atoms with Gasteiger partial charge in [-0.15, -0.1) is 0 Å². The summed E-state index contributed by atoms with van der Waals surface area (Å²) >= 11 is 0. The van der Waals surface area contributed by atoms with Crippen LogP contribution in [0.5, 0.6) is 0 Å². The van der Waals surface area contributed by atoms with E-state index >= 15 is 0 Å². The first-order chi connectivity index (χ1) is 16.9. The van der Waals surface area contributed by atoms with Crippen molar-refractivity contribution in [3.8, 4) is 0 Å². The molecule has 8 nitrogen and oxygen atoms in total. The van der Waals surface area contributed by atoms with E-state index in [-0.39, 0.29) is 5.57 Å². The Hall–Kier alpha value is -4.59. The number of para-hydroxylation sites is 2. The fraction of sp³-hybridized carbons (Fsp3) is 0.148. The number of aliphatic carboxylic acids is 1. The van der Waals surface area contributed by atoms with Gasteiger partial charge in [-0.1, -0.05) is 73.7 Å². The SMILES string of the molecule is CC/C(NC(=O)Nc1ccccc1C(NC(=O)Nc1ccccc1)c1ccccc1)=C(/C)C(=O)O. The van der Waals surface area contributed by atoms with Crippen molar-refractivity contribution >= 4 is 29.4 Å². The number of nitrogens with one attached hydrogen (secondary N) is 4. The molecule has 0 heterocycles. The fourth-order valence-corrected chi connectivity index (χ4v) is 3.54. The largest absolute Gasteiger partial charge is 0.478 e. The summed E-state index contributed by atoms with van der Waals surface area (Å²) < 4.78 is 0. The normalized spacial score (nSPS) is 12.1. The molecule has 0 aliphatic rings. The van der Waals surface area contributed by atoms with Crippen molar-refractivity contribution in [1.82, 2.24) is 10.6 Å². The van der Waals surface area contributed by atoms with Crippen molar-refractivity contribution in [1.29, 1.82) is 0 Å². The second kappa shape index (κ2) is 12.0. The molecule has 0 saturated heterocycles. The first-order valence-corrected chi connectivity index (χ1v) is 11.2. The van der Waals surface area contributed by atoms with E-state index in [2.05, 4.69) is 21.3 Å². The van der Waals surface area contributed by atoms with Gasteiger partial charge in [-0.3, -0.25) is 0 Å². The standard InChI is InChI=1S/C27H28N4O4/c1-3-22(18(2)25(32)33)29-27(35)30-23-17-11-10-16-21(23)24(19-12-6-4-7-13-19)31-26(34)28-20-14-8-5-9-15-20/h4-17,24H,3H2,1-2H3,(H,32,33)(H2,28,31,34)(H2,29,30,35)/b22-18+. The Bertz CT molecular complexity index is 1210. The second-order valence-electron chi connectivity index (χ2n) is 7.74. The summed E-state index contributed by atoms with van der Waals surface area (Å²) in [5.41, 5.74) is 2.98. The first-order valence-electron chi connectivity index (χ1n) is 11.2. The lowest BCUT2D eigenvalue weighted by Crippen LogP contribution is -2.34. The van der Waals surface area contributed by atoms with Crippen LogP contribution in [0.2, 0.25) is 0 Å². The molecule has 180 valence electrons. The smallest absolute Gasteiger partial charge is 0.333 e. The Morgan fingerprint density at radius 3 is 2.03 bits per heavy atom. The predicted octanol–water partition coefficient (Wildman–Crippen LogP) is 5.49. The molecule has 5 N–H and O–H groups in total. The Morgan fingerprint density at radius 1 is 0.800 bits per heavy atom. The third-order valence-corrected chi connectivity index (χ3v) is 5.35. The third-order valence-electron chi connectivity index (χ3n) is 5.35. The van der Waals surface area contributed by atoms with Crippen LogP contribution in [0.15, 0.2) is 96.2 Å². The summed E-state index contributed by atoms with van der Waals surface area (Å²) in [4.78, 5) is 36.9. The van der Waals surface area contributed by atoms with E-state index in [1.165, 1.54) is 6.92 Å². The maximum Gasteiger partial charge on any atom is 0.333 e. The molecular weight excluding hydrogens is 444 g/mol. The van der Waals surface area contributed by atoms with Gasteiger partial charge in [0, 0.05) is 22.6 Å². The molecule has 0 bridgehead atoms. The number of carboxylic acids is 1. The quantitative estimate of drug-likeness (QED) is 0.279. The van der Waals surface area contributed by atoms with Gasteiger partial charge >= 0.3 is 18.0 Å².